The fourth-order valence-electron chi connectivity index (χ4n) is 4.47. The number of rotatable bonds is 7. The maximum absolute atomic E-state index is 13.4. The van der Waals surface area contributed by atoms with Crippen LogP contribution in [0.15, 0.2) is 54.6 Å². The summed E-state index contributed by atoms with van der Waals surface area (Å²) in [6.45, 7) is 2.72. The SMILES string of the molecule is COc1ccc(-c2cc(C)nc([C@H]3CCCN3C(=O)Cc3cc(OC)ccc3OC)c2)cc1. The Hall–Kier alpha value is -3.54. The van der Waals surface area contributed by atoms with Crippen LogP contribution in [0.5, 0.6) is 17.2 Å². The topological polar surface area (TPSA) is 60.9 Å². The van der Waals surface area contributed by atoms with Crippen molar-refractivity contribution in [2.24, 2.45) is 0 Å². The van der Waals surface area contributed by atoms with Crippen LogP contribution in [0.4, 0.5) is 0 Å². The van der Waals surface area contributed by atoms with Crippen LogP contribution in [0.3, 0.4) is 0 Å². The second-order valence-corrected chi connectivity index (χ2v) is 8.25. The van der Waals surface area contributed by atoms with Crippen molar-refractivity contribution in [3.63, 3.8) is 0 Å². The molecule has 0 bridgehead atoms. The zero-order valence-corrected chi connectivity index (χ0v) is 19.6. The number of hydrogen-bond acceptors (Lipinski definition) is 5. The molecule has 1 aliphatic heterocycles. The number of amides is 1. The molecule has 1 amide bonds. The maximum atomic E-state index is 13.4. The molecule has 1 aliphatic rings. The second-order valence-electron chi connectivity index (χ2n) is 8.25. The van der Waals surface area contributed by atoms with E-state index in [1.165, 1.54) is 0 Å². The van der Waals surface area contributed by atoms with E-state index in [9.17, 15) is 4.79 Å². The molecule has 2 heterocycles. The summed E-state index contributed by atoms with van der Waals surface area (Å²) in [6.07, 6.45) is 2.12. The third kappa shape index (κ3) is 4.95. The van der Waals surface area contributed by atoms with Gasteiger partial charge >= 0.3 is 0 Å². The van der Waals surface area contributed by atoms with Crippen molar-refractivity contribution < 1.29 is 19.0 Å². The number of pyridine rings is 1. The van der Waals surface area contributed by atoms with Crippen molar-refractivity contribution >= 4 is 5.91 Å². The molecule has 6 nitrogen and oxygen atoms in total. The van der Waals surface area contributed by atoms with Gasteiger partial charge in [0.1, 0.15) is 17.2 Å². The number of methoxy groups -OCH3 is 3. The highest BCUT2D eigenvalue weighted by molar-refractivity contribution is 5.80. The predicted molar refractivity (Wildman–Crippen MR) is 128 cm³/mol. The Bertz CT molecular complexity index is 1130. The van der Waals surface area contributed by atoms with E-state index in [-0.39, 0.29) is 18.4 Å². The molecule has 0 saturated carbocycles. The first-order valence-corrected chi connectivity index (χ1v) is 11.2. The first kappa shape index (κ1) is 22.6. The molecule has 0 N–H and O–H groups in total. The van der Waals surface area contributed by atoms with Crippen LogP contribution in [0.1, 0.15) is 35.8 Å². The lowest BCUT2D eigenvalue weighted by molar-refractivity contribution is -0.131. The van der Waals surface area contributed by atoms with Gasteiger partial charge in [-0.25, -0.2) is 0 Å². The van der Waals surface area contributed by atoms with Crippen LogP contribution in [0.25, 0.3) is 11.1 Å². The highest BCUT2D eigenvalue weighted by Gasteiger charge is 2.31. The molecule has 1 saturated heterocycles. The standard InChI is InChI=1S/C27H30N2O4/c1-18-14-20(19-7-9-22(31-2)10-8-19)16-24(28-18)25-6-5-13-29(25)27(30)17-21-15-23(32-3)11-12-26(21)33-4/h7-12,14-16,25H,5-6,13,17H2,1-4H3/t25-/m1/s1. The Morgan fingerprint density at radius 2 is 1.67 bits per heavy atom. The fourth-order valence-corrected chi connectivity index (χ4v) is 4.47. The largest absolute Gasteiger partial charge is 0.497 e. The van der Waals surface area contributed by atoms with Gasteiger partial charge in [0.2, 0.25) is 5.91 Å². The minimum Gasteiger partial charge on any atom is -0.497 e. The van der Waals surface area contributed by atoms with Gasteiger partial charge in [-0.1, -0.05) is 12.1 Å². The van der Waals surface area contributed by atoms with Crippen LogP contribution in [0.2, 0.25) is 0 Å². The van der Waals surface area contributed by atoms with E-state index in [0.717, 1.165) is 53.2 Å². The monoisotopic (exact) mass is 446 g/mol. The normalized spacial score (nSPS) is 15.4. The number of nitrogens with zero attached hydrogens (tertiary/aromatic N) is 2. The first-order valence-electron chi connectivity index (χ1n) is 11.2. The summed E-state index contributed by atoms with van der Waals surface area (Å²) >= 11 is 0. The van der Waals surface area contributed by atoms with Gasteiger partial charge in [-0.3, -0.25) is 9.78 Å². The molecule has 1 fully saturated rings. The highest BCUT2D eigenvalue weighted by Crippen LogP contribution is 2.35. The number of carbonyl (C=O) groups is 1. The minimum atomic E-state index is -0.0361. The molecule has 172 valence electrons. The summed E-state index contributed by atoms with van der Waals surface area (Å²) in [5, 5.41) is 0. The van der Waals surface area contributed by atoms with E-state index in [1.807, 2.05) is 54.3 Å². The van der Waals surface area contributed by atoms with E-state index < -0.39 is 0 Å². The average molecular weight is 447 g/mol. The third-order valence-corrected chi connectivity index (χ3v) is 6.14. The van der Waals surface area contributed by atoms with Crippen LogP contribution in [-0.4, -0.2) is 43.7 Å². The predicted octanol–water partition coefficient (Wildman–Crippen LogP) is 4.99. The molecule has 0 radical (unpaired) electrons. The Morgan fingerprint density at radius 3 is 2.36 bits per heavy atom. The lowest BCUT2D eigenvalue weighted by Gasteiger charge is -2.25. The van der Waals surface area contributed by atoms with E-state index in [1.54, 1.807) is 21.3 Å². The molecular formula is C27H30N2O4. The van der Waals surface area contributed by atoms with Crippen molar-refractivity contribution in [2.45, 2.75) is 32.2 Å². The molecule has 3 aromatic rings. The summed E-state index contributed by atoms with van der Waals surface area (Å²) in [7, 11) is 4.90. The number of aryl methyl sites for hydroxylation is 1. The van der Waals surface area contributed by atoms with Gasteiger partial charge in [0, 0.05) is 17.8 Å². The van der Waals surface area contributed by atoms with E-state index in [2.05, 4.69) is 12.1 Å². The fraction of sp³-hybridized carbons (Fsp3) is 0.333. The summed E-state index contributed by atoms with van der Waals surface area (Å²) in [5.74, 6) is 2.29. The Labute approximate surface area is 195 Å². The zero-order valence-electron chi connectivity index (χ0n) is 19.6. The van der Waals surface area contributed by atoms with Gasteiger partial charge in [-0.05, 0) is 73.4 Å². The second kappa shape index (κ2) is 9.94. The van der Waals surface area contributed by atoms with Crippen molar-refractivity contribution in [3.05, 3.63) is 71.5 Å². The molecule has 0 spiro atoms. The van der Waals surface area contributed by atoms with Crippen molar-refractivity contribution in [3.8, 4) is 28.4 Å². The minimum absolute atomic E-state index is 0.0361. The Balaban J connectivity index is 1.59. The molecule has 33 heavy (non-hydrogen) atoms. The maximum Gasteiger partial charge on any atom is 0.227 e. The quantitative estimate of drug-likeness (QED) is 0.512. The van der Waals surface area contributed by atoms with Crippen molar-refractivity contribution in [2.75, 3.05) is 27.9 Å². The summed E-state index contributed by atoms with van der Waals surface area (Å²) in [6, 6.07) is 17.7. The molecule has 0 aliphatic carbocycles. The summed E-state index contributed by atoms with van der Waals surface area (Å²) in [4.78, 5) is 20.1. The van der Waals surface area contributed by atoms with Gasteiger partial charge in [-0.15, -0.1) is 0 Å². The van der Waals surface area contributed by atoms with Gasteiger partial charge in [0.15, 0.2) is 0 Å². The van der Waals surface area contributed by atoms with Gasteiger partial charge in [0.05, 0.1) is 39.5 Å². The molecule has 4 rings (SSSR count). The lowest BCUT2D eigenvalue weighted by Crippen LogP contribution is -2.32. The molecule has 1 atom stereocenters. The first-order chi connectivity index (χ1) is 16.0. The van der Waals surface area contributed by atoms with Crippen LogP contribution in [-0.2, 0) is 11.2 Å². The molecule has 6 heteroatoms. The Kier molecular flexibility index (Phi) is 6.82. The van der Waals surface area contributed by atoms with Gasteiger partial charge in [-0.2, -0.15) is 0 Å². The number of hydrogen-bond donors (Lipinski definition) is 0. The summed E-state index contributed by atoms with van der Waals surface area (Å²) < 4.78 is 16.1. The molecular weight excluding hydrogens is 416 g/mol. The third-order valence-electron chi connectivity index (χ3n) is 6.14. The lowest BCUT2D eigenvalue weighted by atomic mass is 10.0. The highest BCUT2D eigenvalue weighted by atomic mass is 16.5. The number of carbonyl (C=O) groups excluding carboxylic acids is 1. The van der Waals surface area contributed by atoms with Gasteiger partial charge < -0.3 is 19.1 Å². The van der Waals surface area contributed by atoms with Crippen LogP contribution >= 0.6 is 0 Å². The van der Waals surface area contributed by atoms with Crippen molar-refractivity contribution in [1.82, 2.24) is 9.88 Å². The number of benzene rings is 2. The number of aromatic nitrogens is 1. The number of ether oxygens (including phenoxy) is 3. The zero-order chi connectivity index (χ0) is 23.4. The van der Waals surface area contributed by atoms with Crippen LogP contribution in [0, 0.1) is 6.92 Å². The molecule has 0 unspecified atom stereocenters. The number of likely N-dealkylation sites (tertiary alicyclic amines) is 1. The summed E-state index contributed by atoms with van der Waals surface area (Å²) in [5.41, 5.74) is 4.88. The van der Waals surface area contributed by atoms with E-state index in [0.29, 0.717) is 11.5 Å². The molecule has 1 aromatic heterocycles. The van der Waals surface area contributed by atoms with Crippen LogP contribution < -0.4 is 14.2 Å². The van der Waals surface area contributed by atoms with E-state index >= 15 is 0 Å². The van der Waals surface area contributed by atoms with E-state index in [4.69, 9.17) is 19.2 Å². The van der Waals surface area contributed by atoms with Crippen molar-refractivity contribution in [1.29, 1.82) is 0 Å². The molecule has 2 aromatic carbocycles. The van der Waals surface area contributed by atoms with Gasteiger partial charge in [0.25, 0.3) is 0 Å². The smallest absolute Gasteiger partial charge is 0.227 e. The average Bonchev–Trinajstić information content (AvgIpc) is 3.34. The Morgan fingerprint density at radius 1 is 0.939 bits per heavy atom.